The Kier molecular flexibility index (Phi) is 4.58. The van der Waals surface area contributed by atoms with Gasteiger partial charge in [0.2, 0.25) is 5.95 Å². The van der Waals surface area contributed by atoms with E-state index >= 15 is 0 Å². The van der Waals surface area contributed by atoms with Gasteiger partial charge in [0.25, 0.3) is 0 Å². The molecule has 0 radical (unpaired) electrons. The van der Waals surface area contributed by atoms with E-state index in [1.54, 1.807) is 24.3 Å². The molecule has 116 valence electrons. The number of nitrogen functional groups attached to an aromatic ring is 1. The first kappa shape index (κ1) is 16.0. The van der Waals surface area contributed by atoms with E-state index in [0.717, 1.165) is 0 Å². The van der Waals surface area contributed by atoms with Crippen molar-refractivity contribution in [2.75, 3.05) is 12.8 Å². The van der Waals surface area contributed by atoms with E-state index in [-0.39, 0.29) is 17.7 Å². The fourth-order valence-electron chi connectivity index (χ4n) is 2.22. The van der Waals surface area contributed by atoms with Gasteiger partial charge >= 0.3 is 6.01 Å². The van der Waals surface area contributed by atoms with Crippen molar-refractivity contribution in [3.05, 3.63) is 35.4 Å². The number of anilines is 1. The Hall–Kier alpha value is -3.39. The fourth-order valence-corrected chi connectivity index (χ4v) is 2.22. The zero-order valence-electron chi connectivity index (χ0n) is 12.6. The number of carbonyl (C=O) groups is 1. The average molecular weight is 310 g/mol. The minimum Gasteiger partial charge on any atom is -0.466 e. The fraction of sp³-hybridized carbons (Fsp3) is 0.267. The van der Waals surface area contributed by atoms with Crippen LogP contribution < -0.4 is 10.5 Å². The predicted octanol–water partition coefficient (Wildman–Crippen LogP) is 1.06. The zero-order valence-corrected chi connectivity index (χ0v) is 12.6. The summed E-state index contributed by atoms with van der Waals surface area (Å²) in [6.07, 6.45) is 0. The number of aromatic nitrogens is 3. The van der Waals surface area contributed by atoms with Crippen LogP contribution in [0.2, 0.25) is 0 Å². The van der Waals surface area contributed by atoms with Crippen LogP contribution in [0.1, 0.15) is 24.1 Å². The molecule has 0 saturated heterocycles. The molecule has 0 fully saturated rings. The highest BCUT2D eigenvalue weighted by Gasteiger charge is 2.31. The van der Waals surface area contributed by atoms with Gasteiger partial charge in [-0.05, 0) is 24.6 Å². The van der Waals surface area contributed by atoms with Crippen molar-refractivity contribution in [2.24, 2.45) is 5.92 Å². The number of nitrogens with two attached hydrogens (primary N) is 1. The molecule has 0 amide bonds. The van der Waals surface area contributed by atoms with Gasteiger partial charge in [-0.3, -0.25) is 4.79 Å². The van der Waals surface area contributed by atoms with Gasteiger partial charge in [-0.25, -0.2) is 4.68 Å². The highest BCUT2D eigenvalue weighted by molar-refractivity contribution is 5.82. The van der Waals surface area contributed by atoms with E-state index in [2.05, 4.69) is 10.1 Å². The zero-order chi connectivity index (χ0) is 17.0. The monoisotopic (exact) mass is 310 g/mol. The third-order valence-corrected chi connectivity index (χ3v) is 3.36. The lowest BCUT2D eigenvalue weighted by Gasteiger charge is -2.21. The Bertz CT molecular complexity index is 797. The SMILES string of the molecule is COc1nc(N)n(C(c2ccc(C#N)cc2)C(C#N)C(C)=O)n1. The van der Waals surface area contributed by atoms with Crippen molar-refractivity contribution < 1.29 is 9.53 Å². The third kappa shape index (κ3) is 3.11. The molecule has 1 heterocycles. The summed E-state index contributed by atoms with van der Waals surface area (Å²) >= 11 is 0. The summed E-state index contributed by atoms with van der Waals surface area (Å²) in [5.74, 6) is -1.30. The Balaban J connectivity index is 2.59. The molecule has 2 atom stereocenters. The molecule has 1 aromatic heterocycles. The van der Waals surface area contributed by atoms with Crippen molar-refractivity contribution in [1.82, 2.24) is 14.8 Å². The summed E-state index contributed by atoms with van der Waals surface area (Å²) in [5.41, 5.74) is 6.92. The van der Waals surface area contributed by atoms with Crippen LogP contribution in [-0.4, -0.2) is 27.7 Å². The molecule has 0 aliphatic rings. The number of hydrogen-bond donors (Lipinski definition) is 1. The highest BCUT2D eigenvalue weighted by atomic mass is 16.5. The first-order valence-electron chi connectivity index (χ1n) is 6.68. The van der Waals surface area contributed by atoms with Crippen molar-refractivity contribution in [3.63, 3.8) is 0 Å². The number of methoxy groups -OCH3 is 1. The number of carbonyl (C=O) groups excluding carboxylic acids is 1. The molecule has 0 spiro atoms. The molecule has 2 rings (SSSR count). The quantitative estimate of drug-likeness (QED) is 0.873. The van der Waals surface area contributed by atoms with Gasteiger partial charge in [0, 0.05) is 0 Å². The largest absolute Gasteiger partial charge is 0.466 e. The van der Waals surface area contributed by atoms with Crippen LogP contribution >= 0.6 is 0 Å². The average Bonchev–Trinajstić information content (AvgIpc) is 2.93. The van der Waals surface area contributed by atoms with Crippen molar-refractivity contribution in [1.29, 1.82) is 10.5 Å². The van der Waals surface area contributed by atoms with Gasteiger partial charge in [-0.15, -0.1) is 5.10 Å². The van der Waals surface area contributed by atoms with Gasteiger partial charge in [0.05, 0.1) is 24.8 Å². The van der Waals surface area contributed by atoms with Crippen LogP contribution in [0.4, 0.5) is 5.95 Å². The van der Waals surface area contributed by atoms with Gasteiger partial charge in [0.1, 0.15) is 17.7 Å². The lowest BCUT2D eigenvalue weighted by molar-refractivity contribution is -0.120. The van der Waals surface area contributed by atoms with E-state index in [9.17, 15) is 10.1 Å². The van der Waals surface area contributed by atoms with Crippen LogP contribution in [0.25, 0.3) is 0 Å². The second kappa shape index (κ2) is 6.58. The normalized spacial score (nSPS) is 12.7. The van der Waals surface area contributed by atoms with E-state index in [0.29, 0.717) is 11.1 Å². The van der Waals surface area contributed by atoms with Crippen LogP contribution in [0.5, 0.6) is 6.01 Å². The second-order valence-electron chi connectivity index (χ2n) is 4.80. The van der Waals surface area contributed by atoms with E-state index in [1.165, 1.54) is 18.7 Å². The van der Waals surface area contributed by atoms with Crippen LogP contribution in [0, 0.1) is 28.6 Å². The van der Waals surface area contributed by atoms with E-state index in [4.69, 9.17) is 15.7 Å². The number of rotatable bonds is 5. The molecule has 8 nitrogen and oxygen atoms in total. The van der Waals surface area contributed by atoms with Gasteiger partial charge in [-0.2, -0.15) is 15.5 Å². The minimum atomic E-state index is -1.00. The highest BCUT2D eigenvalue weighted by Crippen LogP contribution is 2.29. The number of nitrogens with zero attached hydrogens (tertiary/aromatic N) is 5. The molecule has 1 aromatic carbocycles. The maximum absolute atomic E-state index is 11.9. The number of ketones is 1. The summed E-state index contributed by atoms with van der Waals surface area (Å²) < 4.78 is 6.23. The number of benzene rings is 1. The molecule has 0 aliphatic heterocycles. The van der Waals surface area contributed by atoms with Crippen LogP contribution in [0.3, 0.4) is 0 Å². The van der Waals surface area contributed by atoms with Gasteiger partial charge < -0.3 is 10.5 Å². The molecular weight excluding hydrogens is 296 g/mol. The summed E-state index contributed by atoms with van der Waals surface area (Å²) in [5, 5.41) is 22.4. The van der Waals surface area contributed by atoms with Crippen LogP contribution in [-0.2, 0) is 4.79 Å². The molecule has 8 heteroatoms. The first-order chi connectivity index (χ1) is 11.0. The Morgan fingerprint density at radius 1 is 1.35 bits per heavy atom. The Morgan fingerprint density at radius 2 is 2.00 bits per heavy atom. The standard InChI is InChI=1S/C15H14N6O2/c1-9(22)12(8-17)13(11-5-3-10(7-16)4-6-11)21-14(18)19-15(20-21)23-2/h3-6,12-13H,1-2H3,(H2,18,19,20). The van der Waals surface area contributed by atoms with Gasteiger partial charge in [0.15, 0.2) is 0 Å². The molecule has 0 aliphatic carbocycles. The Morgan fingerprint density at radius 3 is 2.43 bits per heavy atom. The molecular formula is C15H14N6O2. The lowest BCUT2D eigenvalue weighted by atomic mass is 9.91. The second-order valence-corrected chi connectivity index (χ2v) is 4.80. The smallest absolute Gasteiger partial charge is 0.337 e. The van der Waals surface area contributed by atoms with Crippen molar-refractivity contribution in [2.45, 2.75) is 13.0 Å². The number of ether oxygens (including phenoxy) is 1. The molecule has 2 N–H and O–H groups in total. The minimum absolute atomic E-state index is 0.0257. The van der Waals surface area contributed by atoms with E-state index < -0.39 is 12.0 Å². The number of hydrogen-bond acceptors (Lipinski definition) is 7. The first-order valence-corrected chi connectivity index (χ1v) is 6.68. The summed E-state index contributed by atoms with van der Waals surface area (Å²) in [4.78, 5) is 15.8. The van der Waals surface area contributed by atoms with Crippen molar-refractivity contribution in [3.8, 4) is 18.1 Å². The molecule has 2 aromatic rings. The molecule has 0 bridgehead atoms. The number of Topliss-reactive ketones (excluding diaryl/α,β-unsaturated/α-hetero) is 1. The number of nitriles is 2. The maximum Gasteiger partial charge on any atom is 0.337 e. The van der Waals surface area contributed by atoms with E-state index in [1.807, 2.05) is 12.1 Å². The summed E-state index contributed by atoms with van der Waals surface area (Å²) in [6, 6.07) is 9.79. The molecule has 0 saturated carbocycles. The van der Waals surface area contributed by atoms with Crippen molar-refractivity contribution >= 4 is 11.7 Å². The molecule has 23 heavy (non-hydrogen) atoms. The molecule has 2 unspecified atom stereocenters. The summed E-state index contributed by atoms with van der Waals surface area (Å²) in [6.45, 7) is 1.33. The lowest BCUT2D eigenvalue weighted by Crippen LogP contribution is -2.27. The van der Waals surface area contributed by atoms with Crippen LogP contribution in [0.15, 0.2) is 24.3 Å². The Labute approximate surface area is 132 Å². The topological polar surface area (TPSA) is 131 Å². The maximum atomic E-state index is 11.9. The summed E-state index contributed by atoms with van der Waals surface area (Å²) in [7, 11) is 1.39. The predicted molar refractivity (Wildman–Crippen MR) is 80.1 cm³/mol. The van der Waals surface area contributed by atoms with Gasteiger partial charge in [-0.1, -0.05) is 12.1 Å². The third-order valence-electron chi connectivity index (χ3n) is 3.36.